The first-order valence-corrected chi connectivity index (χ1v) is 10.8. The van der Waals surface area contributed by atoms with Crippen LogP contribution in [0, 0.1) is 0 Å². The Bertz CT molecular complexity index is 941. The fourth-order valence-electron chi connectivity index (χ4n) is 4.02. The van der Waals surface area contributed by atoms with Crippen LogP contribution in [0.1, 0.15) is 11.1 Å². The Kier molecular flexibility index (Phi) is 6.62. The molecule has 3 amide bonds. The minimum atomic E-state index is -0.282. The molecule has 2 aliphatic rings. The summed E-state index contributed by atoms with van der Waals surface area (Å²) in [4.78, 5) is 29.2. The number of carbonyl (C=O) groups is 2. The Morgan fingerprint density at radius 2 is 1.72 bits per heavy atom. The number of rotatable bonds is 6. The zero-order chi connectivity index (χ0) is 22.6. The van der Waals surface area contributed by atoms with Crippen LogP contribution in [0.4, 0.5) is 10.5 Å². The van der Waals surface area contributed by atoms with Crippen LogP contribution in [0.3, 0.4) is 0 Å². The van der Waals surface area contributed by atoms with Gasteiger partial charge < -0.3 is 25.0 Å². The zero-order valence-corrected chi connectivity index (χ0v) is 18.6. The third kappa shape index (κ3) is 5.03. The molecule has 0 aromatic heterocycles. The molecule has 0 aliphatic carbocycles. The van der Waals surface area contributed by atoms with E-state index in [1.807, 2.05) is 53.4 Å². The van der Waals surface area contributed by atoms with E-state index < -0.39 is 0 Å². The van der Waals surface area contributed by atoms with Crippen molar-refractivity contribution in [1.29, 1.82) is 0 Å². The first kappa shape index (κ1) is 22.1. The molecule has 170 valence electrons. The van der Waals surface area contributed by atoms with Gasteiger partial charge in [-0.15, -0.1) is 0 Å². The molecule has 2 aromatic carbocycles. The molecule has 2 heterocycles. The van der Waals surface area contributed by atoms with Crippen LogP contribution in [0.25, 0.3) is 0 Å². The molecule has 0 unspecified atom stereocenters. The largest absolute Gasteiger partial charge is 0.497 e. The smallest absolute Gasteiger partial charge is 0.319 e. The lowest BCUT2D eigenvalue weighted by molar-refractivity contribution is -0.170. The minimum absolute atomic E-state index is 0.0130. The highest BCUT2D eigenvalue weighted by Gasteiger charge is 2.46. The van der Waals surface area contributed by atoms with Gasteiger partial charge in [0.15, 0.2) is 0 Å². The number of nitrogens with one attached hydrogen (secondary N) is 2. The van der Waals surface area contributed by atoms with Crippen LogP contribution in [0.15, 0.2) is 48.5 Å². The fourth-order valence-corrected chi connectivity index (χ4v) is 4.02. The number of hydrogen-bond donors (Lipinski definition) is 2. The maximum atomic E-state index is 12.8. The average molecular weight is 439 g/mol. The van der Waals surface area contributed by atoms with Gasteiger partial charge >= 0.3 is 6.03 Å². The molecule has 32 heavy (non-hydrogen) atoms. The van der Waals surface area contributed by atoms with Crippen LogP contribution in [-0.2, 0) is 22.5 Å². The summed E-state index contributed by atoms with van der Waals surface area (Å²) in [7, 11) is 3.72. The van der Waals surface area contributed by atoms with Crippen molar-refractivity contribution in [1.82, 2.24) is 15.1 Å². The molecular weight excluding hydrogens is 408 g/mol. The Morgan fingerprint density at radius 1 is 1.03 bits per heavy atom. The number of hydrogen-bond acceptors (Lipinski definition) is 5. The van der Waals surface area contributed by atoms with E-state index in [2.05, 4.69) is 22.6 Å². The van der Waals surface area contributed by atoms with E-state index in [0.717, 1.165) is 36.5 Å². The number of benzene rings is 2. The van der Waals surface area contributed by atoms with Crippen LogP contribution >= 0.6 is 0 Å². The van der Waals surface area contributed by atoms with Gasteiger partial charge in [-0.2, -0.15) is 0 Å². The summed E-state index contributed by atoms with van der Waals surface area (Å²) >= 11 is 0. The number of carbonyl (C=O) groups excluding carboxylic acids is 2. The zero-order valence-electron chi connectivity index (χ0n) is 18.6. The first-order valence-electron chi connectivity index (χ1n) is 10.8. The van der Waals surface area contributed by atoms with Gasteiger partial charge in [0.05, 0.1) is 32.3 Å². The fraction of sp³-hybridized carbons (Fsp3) is 0.417. The van der Waals surface area contributed by atoms with Crippen molar-refractivity contribution in [3.63, 3.8) is 0 Å². The van der Waals surface area contributed by atoms with Gasteiger partial charge in [0.25, 0.3) is 0 Å². The van der Waals surface area contributed by atoms with Crippen LogP contribution in [-0.4, -0.2) is 74.3 Å². The van der Waals surface area contributed by atoms with E-state index in [4.69, 9.17) is 9.47 Å². The van der Waals surface area contributed by atoms with E-state index in [1.54, 1.807) is 7.11 Å². The van der Waals surface area contributed by atoms with Crippen molar-refractivity contribution in [3.05, 3.63) is 59.7 Å². The Balaban J connectivity index is 1.24. The molecular formula is C24H30N4O4. The second kappa shape index (κ2) is 9.58. The summed E-state index contributed by atoms with van der Waals surface area (Å²) in [6.07, 6.45) is 0.352. The molecule has 1 spiro atoms. The van der Waals surface area contributed by atoms with E-state index in [0.29, 0.717) is 31.9 Å². The number of urea groups is 1. The molecule has 0 atom stereocenters. The number of amides is 3. The van der Waals surface area contributed by atoms with Crippen molar-refractivity contribution in [3.8, 4) is 5.75 Å². The molecule has 0 saturated carbocycles. The van der Waals surface area contributed by atoms with Gasteiger partial charge in [-0.05, 0) is 42.4 Å². The Hall–Kier alpha value is -3.10. The summed E-state index contributed by atoms with van der Waals surface area (Å²) in [5.74, 6) is 0.906. The Morgan fingerprint density at radius 3 is 2.34 bits per heavy atom. The SMILES string of the molecule is COc1ccc(CNC(=O)Nc2ccc(CC(=O)N3CCN(C)C4(COC4)C3)cc2)cc1. The van der Waals surface area contributed by atoms with Gasteiger partial charge in [0, 0.05) is 31.9 Å². The Labute approximate surface area is 188 Å². The first-order chi connectivity index (χ1) is 15.5. The van der Waals surface area contributed by atoms with Crippen LogP contribution < -0.4 is 15.4 Å². The van der Waals surface area contributed by atoms with E-state index in [1.165, 1.54) is 0 Å². The third-order valence-electron chi connectivity index (χ3n) is 6.27. The van der Waals surface area contributed by atoms with Gasteiger partial charge in [-0.3, -0.25) is 9.69 Å². The molecule has 2 N–H and O–H groups in total. The summed E-state index contributed by atoms with van der Waals surface area (Å²) in [6.45, 7) is 4.12. The standard InChI is InChI=1S/C24H30N4O4/c1-27-11-12-28(15-24(27)16-32-17-24)22(29)13-18-3-7-20(8-4-18)26-23(30)25-14-19-5-9-21(31-2)10-6-19/h3-10H,11-17H2,1-2H3,(H2,25,26,30). The molecule has 0 radical (unpaired) electrons. The predicted molar refractivity (Wildman–Crippen MR) is 122 cm³/mol. The van der Waals surface area contributed by atoms with Crippen LogP contribution in [0.2, 0.25) is 0 Å². The van der Waals surface area contributed by atoms with Crippen molar-refractivity contribution >= 4 is 17.6 Å². The third-order valence-corrected chi connectivity index (χ3v) is 6.27. The average Bonchev–Trinajstić information content (AvgIpc) is 2.78. The maximum absolute atomic E-state index is 12.8. The number of anilines is 1. The minimum Gasteiger partial charge on any atom is -0.497 e. The van der Waals surface area contributed by atoms with Gasteiger partial charge in [-0.1, -0.05) is 24.3 Å². The summed E-state index contributed by atoms with van der Waals surface area (Å²) in [5.41, 5.74) is 2.57. The van der Waals surface area contributed by atoms with Gasteiger partial charge in [-0.25, -0.2) is 4.79 Å². The predicted octanol–water partition coefficient (Wildman–Crippen LogP) is 2.10. The quantitative estimate of drug-likeness (QED) is 0.722. The van der Waals surface area contributed by atoms with E-state index in [-0.39, 0.29) is 17.5 Å². The lowest BCUT2D eigenvalue weighted by atomic mass is 9.92. The van der Waals surface area contributed by atoms with Crippen molar-refractivity contribution in [2.24, 2.45) is 0 Å². The molecule has 2 saturated heterocycles. The number of methoxy groups -OCH3 is 1. The molecule has 8 nitrogen and oxygen atoms in total. The lowest BCUT2D eigenvalue weighted by Crippen LogP contribution is -2.71. The molecule has 2 aliphatic heterocycles. The topological polar surface area (TPSA) is 83.1 Å². The van der Waals surface area contributed by atoms with Gasteiger partial charge in [0.1, 0.15) is 5.75 Å². The molecule has 8 heteroatoms. The second-order valence-corrected chi connectivity index (χ2v) is 8.48. The second-order valence-electron chi connectivity index (χ2n) is 8.48. The number of nitrogens with zero attached hydrogens (tertiary/aromatic N) is 2. The van der Waals surface area contributed by atoms with E-state index in [9.17, 15) is 9.59 Å². The highest BCUT2D eigenvalue weighted by Crippen LogP contribution is 2.28. The molecule has 2 aromatic rings. The number of piperazine rings is 1. The highest BCUT2D eigenvalue weighted by atomic mass is 16.5. The van der Waals surface area contributed by atoms with Crippen LogP contribution in [0.5, 0.6) is 5.75 Å². The maximum Gasteiger partial charge on any atom is 0.319 e. The lowest BCUT2D eigenvalue weighted by Gasteiger charge is -2.53. The summed E-state index contributed by atoms with van der Waals surface area (Å²) in [6, 6.07) is 14.7. The molecule has 0 bridgehead atoms. The number of ether oxygens (including phenoxy) is 2. The molecule has 4 rings (SSSR count). The van der Waals surface area contributed by atoms with E-state index >= 15 is 0 Å². The van der Waals surface area contributed by atoms with Crippen molar-refractivity contribution in [2.75, 3.05) is 52.3 Å². The highest BCUT2D eigenvalue weighted by molar-refractivity contribution is 5.89. The monoisotopic (exact) mass is 438 g/mol. The summed E-state index contributed by atoms with van der Waals surface area (Å²) < 4.78 is 10.5. The summed E-state index contributed by atoms with van der Waals surface area (Å²) in [5, 5.41) is 5.65. The van der Waals surface area contributed by atoms with Crippen molar-refractivity contribution < 1.29 is 19.1 Å². The van der Waals surface area contributed by atoms with Crippen molar-refractivity contribution in [2.45, 2.75) is 18.5 Å². The van der Waals surface area contributed by atoms with Gasteiger partial charge in [0.2, 0.25) is 5.91 Å². The number of likely N-dealkylation sites (N-methyl/N-ethyl adjacent to an activating group) is 1. The molecule has 2 fully saturated rings. The normalized spacial score (nSPS) is 17.5.